The molecule has 0 heterocycles. The Morgan fingerprint density at radius 2 is 1.90 bits per heavy atom. The van der Waals surface area contributed by atoms with E-state index >= 15 is 0 Å². The molecule has 0 aliphatic carbocycles. The number of rotatable bonds is 10. The average Bonchev–Trinajstić information content (AvgIpc) is 2.44. The number of aliphatic hydroxyl groups is 1. The van der Waals surface area contributed by atoms with Crippen molar-refractivity contribution in [3.63, 3.8) is 0 Å². The van der Waals surface area contributed by atoms with E-state index in [9.17, 15) is 0 Å². The second-order valence-electron chi connectivity index (χ2n) is 4.93. The molecule has 1 aromatic rings. The summed E-state index contributed by atoms with van der Waals surface area (Å²) >= 11 is 6.27. The van der Waals surface area contributed by atoms with E-state index in [4.69, 9.17) is 26.2 Å². The molecule has 0 aliphatic heterocycles. The number of hydrogen-bond donors (Lipinski definition) is 3. The minimum absolute atomic E-state index is 0.0398. The maximum Gasteiger partial charge on any atom is 0.180 e. The van der Waals surface area contributed by atoms with Crippen LogP contribution in [0.2, 0.25) is 5.02 Å². The van der Waals surface area contributed by atoms with Gasteiger partial charge < -0.3 is 25.2 Å². The largest absolute Gasteiger partial charge is 0.493 e. The topological polar surface area (TPSA) is 62.8 Å². The minimum atomic E-state index is 0.0398. The van der Waals surface area contributed by atoms with Gasteiger partial charge in [-0.3, -0.25) is 0 Å². The van der Waals surface area contributed by atoms with Crippen LogP contribution in [0.15, 0.2) is 12.1 Å². The zero-order valence-electron chi connectivity index (χ0n) is 12.9. The molecule has 0 aliphatic rings. The van der Waals surface area contributed by atoms with Crippen LogP contribution in [-0.2, 0) is 6.54 Å². The summed E-state index contributed by atoms with van der Waals surface area (Å²) < 4.78 is 11.0. The van der Waals surface area contributed by atoms with Crippen LogP contribution >= 0.6 is 11.6 Å². The van der Waals surface area contributed by atoms with E-state index in [0.29, 0.717) is 29.6 Å². The van der Waals surface area contributed by atoms with Gasteiger partial charge in [0.2, 0.25) is 0 Å². The molecule has 5 nitrogen and oxygen atoms in total. The predicted octanol–water partition coefficient (Wildman–Crippen LogP) is 1.81. The summed E-state index contributed by atoms with van der Waals surface area (Å²) in [4.78, 5) is 0. The number of hydrogen-bond acceptors (Lipinski definition) is 5. The monoisotopic (exact) mass is 316 g/mol. The molecule has 0 amide bonds. The van der Waals surface area contributed by atoms with Gasteiger partial charge >= 0.3 is 0 Å². The lowest BCUT2D eigenvalue weighted by Gasteiger charge is -2.16. The molecule has 0 fully saturated rings. The van der Waals surface area contributed by atoms with E-state index in [1.165, 1.54) is 0 Å². The molecule has 21 heavy (non-hydrogen) atoms. The Morgan fingerprint density at radius 3 is 2.52 bits per heavy atom. The molecule has 0 atom stereocenters. The summed E-state index contributed by atoms with van der Waals surface area (Å²) in [5, 5.41) is 15.6. The van der Waals surface area contributed by atoms with Crippen molar-refractivity contribution in [2.24, 2.45) is 0 Å². The average molecular weight is 317 g/mol. The van der Waals surface area contributed by atoms with Crippen LogP contribution in [0.3, 0.4) is 0 Å². The molecule has 0 radical (unpaired) electrons. The van der Waals surface area contributed by atoms with Gasteiger partial charge in [-0.2, -0.15) is 0 Å². The van der Waals surface area contributed by atoms with E-state index in [0.717, 1.165) is 18.7 Å². The van der Waals surface area contributed by atoms with Crippen molar-refractivity contribution in [1.82, 2.24) is 10.6 Å². The van der Waals surface area contributed by atoms with Crippen LogP contribution in [0.25, 0.3) is 0 Å². The Morgan fingerprint density at radius 1 is 1.19 bits per heavy atom. The summed E-state index contributed by atoms with van der Waals surface area (Å²) in [6.07, 6.45) is 0.0398. The molecule has 0 saturated carbocycles. The van der Waals surface area contributed by atoms with Crippen molar-refractivity contribution in [2.75, 3.05) is 33.4 Å². The van der Waals surface area contributed by atoms with Crippen molar-refractivity contribution in [1.29, 1.82) is 0 Å². The molecule has 0 bridgehead atoms. The van der Waals surface area contributed by atoms with Crippen molar-refractivity contribution in [3.05, 3.63) is 22.7 Å². The normalized spacial score (nSPS) is 11.0. The van der Waals surface area contributed by atoms with Gasteiger partial charge in [0.1, 0.15) is 0 Å². The summed E-state index contributed by atoms with van der Waals surface area (Å²) in [5.74, 6) is 1.23. The fraction of sp³-hybridized carbons (Fsp3) is 0.600. The van der Waals surface area contributed by atoms with E-state index in [-0.39, 0.29) is 12.7 Å². The van der Waals surface area contributed by atoms with Gasteiger partial charge in [-0.15, -0.1) is 0 Å². The number of aliphatic hydroxyl groups excluding tert-OH is 1. The molecule has 1 rings (SSSR count). The number of methoxy groups -OCH3 is 1. The van der Waals surface area contributed by atoms with Crippen molar-refractivity contribution >= 4 is 11.6 Å². The zero-order chi connectivity index (χ0) is 15.7. The highest BCUT2D eigenvalue weighted by atomic mass is 35.5. The number of benzene rings is 1. The Labute approximate surface area is 131 Å². The Kier molecular flexibility index (Phi) is 8.45. The maximum absolute atomic E-state index is 8.65. The number of halogens is 1. The SMILES string of the molecule is COc1cc(CNCCNCCO)cc(Cl)c1OC(C)C. The highest BCUT2D eigenvalue weighted by Gasteiger charge is 2.13. The van der Waals surface area contributed by atoms with E-state index in [2.05, 4.69) is 10.6 Å². The van der Waals surface area contributed by atoms with Gasteiger partial charge in [-0.25, -0.2) is 0 Å². The van der Waals surface area contributed by atoms with Crippen molar-refractivity contribution in [3.8, 4) is 11.5 Å². The van der Waals surface area contributed by atoms with Gasteiger partial charge in [0.05, 0.1) is 24.8 Å². The summed E-state index contributed by atoms with van der Waals surface area (Å²) in [5.41, 5.74) is 1.04. The van der Waals surface area contributed by atoms with Crippen LogP contribution in [-0.4, -0.2) is 44.6 Å². The lowest BCUT2D eigenvalue weighted by molar-refractivity contribution is 0.230. The van der Waals surface area contributed by atoms with Crippen molar-refractivity contribution in [2.45, 2.75) is 26.5 Å². The van der Waals surface area contributed by atoms with Gasteiger partial charge in [-0.05, 0) is 31.5 Å². The lowest BCUT2D eigenvalue weighted by Crippen LogP contribution is -2.28. The minimum Gasteiger partial charge on any atom is -0.493 e. The van der Waals surface area contributed by atoms with E-state index < -0.39 is 0 Å². The van der Waals surface area contributed by atoms with Crippen LogP contribution in [0.5, 0.6) is 11.5 Å². The highest BCUT2D eigenvalue weighted by molar-refractivity contribution is 6.32. The first kappa shape index (κ1) is 18.0. The molecule has 6 heteroatoms. The van der Waals surface area contributed by atoms with Crippen LogP contribution in [0, 0.1) is 0 Å². The molecule has 0 spiro atoms. The van der Waals surface area contributed by atoms with Gasteiger partial charge in [0.25, 0.3) is 0 Å². The standard InChI is InChI=1S/C15H25ClN2O3/c1-11(2)21-15-13(16)8-12(9-14(15)20-3)10-18-5-4-17-6-7-19/h8-9,11,17-19H,4-7,10H2,1-3H3. The molecule has 1 aromatic carbocycles. The molecule has 3 N–H and O–H groups in total. The molecular formula is C15H25ClN2O3. The van der Waals surface area contributed by atoms with Crippen LogP contribution < -0.4 is 20.1 Å². The van der Waals surface area contributed by atoms with Crippen molar-refractivity contribution < 1.29 is 14.6 Å². The first-order chi connectivity index (χ1) is 10.1. The third-order valence-electron chi connectivity index (χ3n) is 2.74. The summed E-state index contributed by atoms with van der Waals surface area (Å²) in [7, 11) is 1.61. The smallest absolute Gasteiger partial charge is 0.180 e. The zero-order valence-corrected chi connectivity index (χ0v) is 13.7. The third-order valence-corrected chi connectivity index (χ3v) is 3.02. The van der Waals surface area contributed by atoms with Crippen LogP contribution in [0.4, 0.5) is 0 Å². The van der Waals surface area contributed by atoms with Gasteiger partial charge in [0.15, 0.2) is 11.5 Å². The number of nitrogens with one attached hydrogen (secondary N) is 2. The Bertz CT molecular complexity index is 428. The van der Waals surface area contributed by atoms with Crippen LogP contribution in [0.1, 0.15) is 19.4 Å². The number of ether oxygens (including phenoxy) is 2. The fourth-order valence-corrected chi connectivity index (χ4v) is 2.12. The first-order valence-electron chi connectivity index (χ1n) is 7.13. The molecular weight excluding hydrogens is 292 g/mol. The fourth-order valence-electron chi connectivity index (χ4n) is 1.84. The highest BCUT2D eigenvalue weighted by Crippen LogP contribution is 2.37. The predicted molar refractivity (Wildman–Crippen MR) is 85.4 cm³/mol. The Balaban J connectivity index is 2.58. The van der Waals surface area contributed by atoms with Gasteiger partial charge in [0, 0.05) is 26.2 Å². The molecule has 120 valence electrons. The second-order valence-corrected chi connectivity index (χ2v) is 5.33. The van der Waals surface area contributed by atoms with E-state index in [1.807, 2.05) is 26.0 Å². The second kappa shape index (κ2) is 9.84. The molecule has 0 unspecified atom stereocenters. The molecule has 0 aromatic heterocycles. The molecule has 0 saturated heterocycles. The lowest BCUT2D eigenvalue weighted by atomic mass is 10.2. The van der Waals surface area contributed by atoms with E-state index in [1.54, 1.807) is 7.11 Å². The Hall–Kier alpha value is -1.01. The first-order valence-corrected chi connectivity index (χ1v) is 7.51. The third kappa shape index (κ3) is 6.52. The summed E-state index contributed by atoms with van der Waals surface area (Å²) in [6, 6.07) is 3.81. The van der Waals surface area contributed by atoms with Gasteiger partial charge in [-0.1, -0.05) is 11.6 Å². The quantitative estimate of drug-likeness (QED) is 0.575. The summed E-state index contributed by atoms with van der Waals surface area (Å²) in [6.45, 7) is 6.98. The maximum atomic E-state index is 8.65.